The van der Waals surface area contributed by atoms with Gasteiger partial charge in [-0.25, -0.2) is 0 Å². The molecule has 0 N–H and O–H groups in total. The summed E-state index contributed by atoms with van der Waals surface area (Å²) in [4.78, 5) is 14.8. The summed E-state index contributed by atoms with van der Waals surface area (Å²) in [6.07, 6.45) is 1.76. The molecule has 72 valence electrons. The summed E-state index contributed by atoms with van der Waals surface area (Å²) in [7, 11) is 1.79. The monoisotopic (exact) mass is 192 g/mol. The van der Waals surface area contributed by atoms with Gasteiger partial charge in [0, 0.05) is 20.2 Å². The maximum Gasteiger partial charge on any atom is 0.294 e. The molecule has 0 bridgehead atoms. The van der Waals surface area contributed by atoms with Crippen molar-refractivity contribution in [2.24, 2.45) is 7.05 Å². The molecule has 6 heteroatoms. The third-order valence-corrected chi connectivity index (χ3v) is 1.67. The van der Waals surface area contributed by atoms with Gasteiger partial charge in [0.25, 0.3) is 5.89 Å². The number of carbonyl (C=O) groups is 1. The fourth-order valence-electron chi connectivity index (χ4n) is 1.00. The Morgan fingerprint density at radius 2 is 2.36 bits per heavy atom. The van der Waals surface area contributed by atoms with E-state index in [-0.39, 0.29) is 11.7 Å². The Bertz CT molecular complexity index is 471. The Morgan fingerprint density at radius 3 is 2.86 bits per heavy atom. The fourth-order valence-corrected chi connectivity index (χ4v) is 1.00. The van der Waals surface area contributed by atoms with Gasteiger partial charge >= 0.3 is 0 Å². The number of hydrogen-bond donors (Lipinski definition) is 0. The first-order chi connectivity index (χ1) is 6.66. The molecule has 0 spiro atoms. The molecule has 0 saturated carbocycles. The molecule has 0 radical (unpaired) electrons. The molecule has 14 heavy (non-hydrogen) atoms. The number of hydrogen-bond acceptors (Lipinski definition) is 5. The first kappa shape index (κ1) is 8.61. The van der Waals surface area contributed by atoms with Gasteiger partial charge in [0.1, 0.15) is 5.69 Å². The molecule has 0 atom stereocenters. The zero-order chi connectivity index (χ0) is 10.1. The van der Waals surface area contributed by atoms with Crippen molar-refractivity contribution >= 4 is 5.78 Å². The minimum absolute atomic E-state index is 0.00523. The predicted octanol–water partition coefficient (Wildman–Crippen LogP) is 0.673. The van der Waals surface area contributed by atoms with Gasteiger partial charge in [-0.05, 0) is 6.07 Å². The largest absolute Gasteiger partial charge is 0.330 e. The minimum atomic E-state index is -0.250. The van der Waals surface area contributed by atoms with E-state index >= 15 is 0 Å². The normalized spacial score (nSPS) is 10.4. The minimum Gasteiger partial charge on any atom is -0.330 e. The smallest absolute Gasteiger partial charge is 0.294 e. The predicted molar refractivity (Wildman–Crippen MR) is 46.5 cm³/mol. The number of aryl methyl sites for hydroxylation is 1. The van der Waals surface area contributed by atoms with Crippen molar-refractivity contribution in [1.29, 1.82) is 0 Å². The van der Waals surface area contributed by atoms with Crippen LogP contribution in [0.25, 0.3) is 11.5 Å². The van der Waals surface area contributed by atoms with Crippen LogP contribution < -0.4 is 0 Å². The van der Waals surface area contributed by atoms with Crippen molar-refractivity contribution in [2.45, 2.75) is 6.92 Å². The molecular formula is C8H8N4O2. The van der Waals surface area contributed by atoms with Gasteiger partial charge in [-0.15, -0.1) is 0 Å². The van der Waals surface area contributed by atoms with E-state index < -0.39 is 0 Å². The highest BCUT2D eigenvalue weighted by Gasteiger charge is 2.13. The third-order valence-electron chi connectivity index (χ3n) is 1.67. The van der Waals surface area contributed by atoms with E-state index in [0.717, 1.165) is 0 Å². The molecule has 2 heterocycles. The highest BCUT2D eigenvalue weighted by atomic mass is 16.5. The molecule has 6 nitrogen and oxygen atoms in total. The fraction of sp³-hybridized carbons (Fsp3) is 0.250. The third kappa shape index (κ3) is 1.41. The van der Waals surface area contributed by atoms with Crippen molar-refractivity contribution in [3.8, 4) is 11.5 Å². The lowest BCUT2D eigenvalue weighted by atomic mass is 10.4. The molecule has 0 aliphatic carbocycles. The Kier molecular flexibility index (Phi) is 1.88. The molecule has 0 amide bonds. The van der Waals surface area contributed by atoms with Crippen LogP contribution in [0.5, 0.6) is 0 Å². The second-order valence-electron chi connectivity index (χ2n) is 2.85. The number of aromatic nitrogens is 4. The Labute approximate surface area is 79.5 Å². The van der Waals surface area contributed by atoms with Gasteiger partial charge in [0.2, 0.25) is 11.6 Å². The van der Waals surface area contributed by atoms with Crippen LogP contribution in [0, 0.1) is 0 Å². The van der Waals surface area contributed by atoms with Crippen molar-refractivity contribution in [1.82, 2.24) is 19.9 Å². The molecule has 2 aromatic rings. The summed E-state index contributed by atoms with van der Waals surface area (Å²) in [5, 5.41) is 7.71. The zero-order valence-corrected chi connectivity index (χ0v) is 7.76. The summed E-state index contributed by atoms with van der Waals surface area (Å²) in [6, 6.07) is 1.74. The van der Waals surface area contributed by atoms with Crippen LogP contribution in [0.3, 0.4) is 0 Å². The number of ketones is 1. The Hall–Kier alpha value is -1.98. The van der Waals surface area contributed by atoms with Crippen LogP contribution in [-0.4, -0.2) is 25.7 Å². The van der Waals surface area contributed by atoms with E-state index in [1.54, 1.807) is 24.0 Å². The second kappa shape index (κ2) is 3.06. The average molecular weight is 192 g/mol. The number of nitrogens with zero attached hydrogens (tertiary/aromatic N) is 4. The maximum absolute atomic E-state index is 10.9. The van der Waals surface area contributed by atoms with Gasteiger partial charge in [-0.1, -0.05) is 5.16 Å². The molecule has 0 fully saturated rings. The molecular weight excluding hydrogens is 184 g/mol. The van der Waals surface area contributed by atoms with Crippen LogP contribution in [-0.2, 0) is 7.05 Å². The lowest BCUT2D eigenvalue weighted by molar-refractivity contribution is 0.0972. The van der Waals surface area contributed by atoms with Gasteiger partial charge in [0.05, 0.1) is 0 Å². The molecule has 0 aromatic carbocycles. The van der Waals surface area contributed by atoms with E-state index in [1.165, 1.54) is 6.92 Å². The molecule has 2 rings (SSSR count). The number of carbonyl (C=O) groups excluding carboxylic acids is 1. The Morgan fingerprint density at radius 1 is 1.57 bits per heavy atom. The van der Waals surface area contributed by atoms with Gasteiger partial charge in [-0.2, -0.15) is 10.1 Å². The van der Waals surface area contributed by atoms with E-state index in [2.05, 4.69) is 15.2 Å². The lowest BCUT2D eigenvalue weighted by Gasteiger charge is -1.84. The number of rotatable bonds is 2. The van der Waals surface area contributed by atoms with Crippen LogP contribution in [0.4, 0.5) is 0 Å². The van der Waals surface area contributed by atoms with Crippen LogP contribution in [0.15, 0.2) is 16.8 Å². The zero-order valence-electron chi connectivity index (χ0n) is 7.76. The van der Waals surface area contributed by atoms with Crippen molar-refractivity contribution in [3.05, 3.63) is 18.2 Å². The second-order valence-corrected chi connectivity index (χ2v) is 2.85. The van der Waals surface area contributed by atoms with Crippen molar-refractivity contribution in [3.63, 3.8) is 0 Å². The van der Waals surface area contributed by atoms with Crippen LogP contribution in [0.1, 0.15) is 17.6 Å². The molecule has 0 aliphatic rings. The summed E-state index contributed by atoms with van der Waals surface area (Å²) in [5.74, 6) is 0.0844. The molecule has 0 saturated heterocycles. The summed E-state index contributed by atoms with van der Waals surface area (Å²) in [5.41, 5.74) is 0.587. The summed E-state index contributed by atoms with van der Waals surface area (Å²) >= 11 is 0. The molecule has 0 unspecified atom stereocenters. The van der Waals surface area contributed by atoms with Gasteiger partial charge < -0.3 is 4.52 Å². The SMILES string of the molecule is CC(=O)c1nc(-c2ccn(C)n2)no1. The van der Waals surface area contributed by atoms with E-state index in [1.807, 2.05) is 0 Å². The first-order valence-corrected chi connectivity index (χ1v) is 4.01. The summed E-state index contributed by atoms with van der Waals surface area (Å²) < 4.78 is 6.35. The Balaban J connectivity index is 2.38. The molecule has 0 aliphatic heterocycles. The quantitative estimate of drug-likeness (QED) is 0.654. The van der Waals surface area contributed by atoms with Gasteiger partial charge in [0.15, 0.2) is 0 Å². The summed E-state index contributed by atoms with van der Waals surface area (Å²) in [6.45, 7) is 1.37. The standard InChI is InChI=1S/C8H8N4O2/c1-5(13)8-9-7(11-14-8)6-3-4-12(2)10-6/h3-4H,1-2H3. The highest BCUT2D eigenvalue weighted by Crippen LogP contribution is 2.12. The van der Waals surface area contributed by atoms with Crippen LogP contribution in [0.2, 0.25) is 0 Å². The van der Waals surface area contributed by atoms with Crippen LogP contribution >= 0.6 is 0 Å². The average Bonchev–Trinajstić information content (AvgIpc) is 2.70. The number of Topliss-reactive ketones (excluding diaryl/α,β-unsaturated/α-hetero) is 1. The van der Waals surface area contributed by atoms with E-state index in [4.69, 9.17) is 4.52 Å². The topological polar surface area (TPSA) is 73.8 Å². The maximum atomic E-state index is 10.9. The van der Waals surface area contributed by atoms with Crippen molar-refractivity contribution < 1.29 is 9.32 Å². The van der Waals surface area contributed by atoms with Gasteiger partial charge in [-0.3, -0.25) is 9.48 Å². The molecule has 2 aromatic heterocycles. The van der Waals surface area contributed by atoms with Crippen molar-refractivity contribution in [2.75, 3.05) is 0 Å². The van der Waals surface area contributed by atoms with E-state index in [9.17, 15) is 4.79 Å². The first-order valence-electron chi connectivity index (χ1n) is 4.01. The lowest BCUT2D eigenvalue weighted by Crippen LogP contribution is -1.92. The van der Waals surface area contributed by atoms with E-state index in [0.29, 0.717) is 11.5 Å². The highest BCUT2D eigenvalue weighted by molar-refractivity contribution is 5.89.